The van der Waals surface area contributed by atoms with Crippen LogP contribution in [0.3, 0.4) is 0 Å². The number of anilines is 1. The number of halogens is 2. The Balaban J connectivity index is 1.35. The number of fused-ring (bicyclic) bond motifs is 3. The first-order chi connectivity index (χ1) is 14.4. The molecule has 5 nitrogen and oxygen atoms in total. The third-order valence-corrected chi connectivity index (χ3v) is 6.53. The minimum absolute atomic E-state index is 0.0958. The molecule has 1 saturated carbocycles. The fourth-order valence-corrected chi connectivity index (χ4v) is 4.64. The Hall–Kier alpha value is -2.70. The highest BCUT2D eigenvalue weighted by atomic mass is 19.3. The van der Waals surface area contributed by atoms with Gasteiger partial charge in [-0.15, -0.1) is 0 Å². The van der Waals surface area contributed by atoms with Gasteiger partial charge in [-0.2, -0.15) is 0 Å². The lowest BCUT2D eigenvalue weighted by molar-refractivity contribution is -0.0494. The summed E-state index contributed by atoms with van der Waals surface area (Å²) in [5.41, 5.74) is 2.81. The Kier molecular flexibility index (Phi) is 4.64. The lowest BCUT2D eigenvalue weighted by Gasteiger charge is -2.33. The number of hydrogen-bond acceptors (Lipinski definition) is 4. The third kappa shape index (κ3) is 3.61. The summed E-state index contributed by atoms with van der Waals surface area (Å²) in [6.07, 6.45) is 2.19. The van der Waals surface area contributed by atoms with Crippen molar-refractivity contribution in [3.63, 3.8) is 0 Å². The number of rotatable bonds is 4. The first kappa shape index (κ1) is 19.3. The zero-order valence-corrected chi connectivity index (χ0v) is 17.0. The quantitative estimate of drug-likeness (QED) is 0.758. The van der Waals surface area contributed by atoms with E-state index in [1.54, 1.807) is 13.3 Å². The van der Waals surface area contributed by atoms with Crippen LogP contribution in [0.5, 0.6) is 5.75 Å². The molecule has 1 aromatic heterocycles. The molecule has 7 heteroatoms. The number of benzene rings is 1. The molecule has 30 heavy (non-hydrogen) atoms. The van der Waals surface area contributed by atoms with Crippen LogP contribution in [0.15, 0.2) is 36.5 Å². The molecule has 0 bridgehead atoms. The van der Waals surface area contributed by atoms with Gasteiger partial charge in [0.25, 0.3) is 11.8 Å². The van der Waals surface area contributed by atoms with E-state index in [1.807, 2.05) is 18.2 Å². The van der Waals surface area contributed by atoms with Crippen LogP contribution in [0.25, 0.3) is 0 Å². The third-order valence-electron chi connectivity index (χ3n) is 6.53. The Morgan fingerprint density at radius 2 is 1.97 bits per heavy atom. The van der Waals surface area contributed by atoms with E-state index in [9.17, 15) is 13.6 Å². The number of carbonyl (C=O) groups excluding carboxylic acids is 1. The summed E-state index contributed by atoms with van der Waals surface area (Å²) in [5.74, 6) is -0.0309. The number of aromatic nitrogens is 1. The summed E-state index contributed by atoms with van der Waals surface area (Å²) in [6, 6.07) is 9.97. The molecule has 0 spiro atoms. The molecule has 1 aromatic carbocycles. The van der Waals surface area contributed by atoms with E-state index >= 15 is 0 Å². The lowest BCUT2D eigenvalue weighted by atomic mass is 10.0. The van der Waals surface area contributed by atoms with Gasteiger partial charge >= 0.3 is 0 Å². The van der Waals surface area contributed by atoms with Gasteiger partial charge < -0.3 is 14.5 Å². The molecule has 2 unspecified atom stereocenters. The van der Waals surface area contributed by atoms with Crippen LogP contribution in [-0.2, 0) is 6.54 Å². The lowest BCUT2D eigenvalue weighted by Crippen LogP contribution is -2.42. The molecule has 2 atom stereocenters. The molecule has 1 saturated heterocycles. The predicted octanol–water partition coefficient (Wildman–Crippen LogP) is 4.09. The average Bonchev–Trinajstić information content (AvgIpc) is 3.53. The molecule has 2 aromatic rings. The van der Waals surface area contributed by atoms with Crippen LogP contribution in [0, 0.1) is 5.92 Å². The normalized spacial score (nSPS) is 24.1. The summed E-state index contributed by atoms with van der Waals surface area (Å²) in [6.45, 7) is 1.91. The molecule has 2 aliphatic heterocycles. The fraction of sp³-hybridized carbons (Fsp3) is 0.478. The molecule has 1 aliphatic carbocycles. The van der Waals surface area contributed by atoms with Crippen LogP contribution in [0.2, 0.25) is 0 Å². The Bertz CT molecular complexity index is 953. The highest BCUT2D eigenvalue weighted by Crippen LogP contribution is 2.54. The largest absolute Gasteiger partial charge is 0.497 e. The number of hydrogen-bond donors (Lipinski definition) is 0. The molecule has 0 radical (unpaired) electrons. The second kappa shape index (κ2) is 7.22. The van der Waals surface area contributed by atoms with Crippen molar-refractivity contribution >= 4 is 11.7 Å². The van der Waals surface area contributed by atoms with Gasteiger partial charge in [-0.1, -0.05) is 12.1 Å². The summed E-state index contributed by atoms with van der Waals surface area (Å²) in [4.78, 5) is 21.3. The smallest absolute Gasteiger partial charge is 0.255 e. The molecule has 3 heterocycles. The Morgan fingerprint density at radius 3 is 2.67 bits per heavy atom. The molecule has 0 N–H and O–H groups in total. The van der Waals surface area contributed by atoms with Crippen molar-refractivity contribution < 1.29 is 18.3 Å². The van der Waals surface area contributed by atoms with Gasteiger partial charge in [-0.3, -0.25) is 4.79 Å². The first-order valence-electron chi connectivity index (χ1n) is 10.5. The van der Waals surface area contributed by atoms with E-state index in [0.29, 0.717) is 17.4 Å². The van der Waals surface area contributed by atoms with Crippen LogP contribution in [0.1, 0.15) is 46.7 Å². The maximum Gasteiger partial charge on any atom is 0.255 e. The van der Waals surface area contributed by atoms with Crippen LogP contribution < -0.4 is 9.64 Å². The van der Waals surface area contributed by atoms with Gasteiger partial charge in [0, 0.05) is 45.2 Å². The number of ether oxygens (including phenoxy) is 1. The summed E-state index contributed by atoms with van der Waals surface area (Å²) in [5, 5.41) is 0. The van der Waals surface area contributed by atoms with Crippen molar-refractivity contribution in [3.05, 3.63) is 53.2 Å². The number of carbonyl (C=O) groups is 1. The number of amides is 1. The SMILES string of the molecule is COc1ccc(CN2CC3CC3c3cc(C(=O)N4CCC(F)(F)CC4)cnc32)cc1. The van der Waals surface area contributed by atoms with E-state index in [-0.39, 0.29) is 31.8 Å². The maximum atomic E-state index is 13.4. The first-order valence-corrected chi connectivity index (χ1v) is 10.5. The number of nitrogens with zero attached hydrogens (tertiary/aromatic N) is 3. The second-order valence-electron chi connectivity index (χ2n) is 8.62. The molecule has 3 aliphatic rings. The number of methoxy groups -OCH3 is 1. The van der Waals surface area contributed by atoms with Gasteiger partial charge in [0.2, 0.25) is 0 Å². The van der Waals surface area contributed by atoms with Crippen LogP contribution in [-0.4, -0.2) is 48.5 Å². The van der Waals surface area contributed by atoms with E-state index < -0.39 is 5.92 Å². The second-order valence-corrected chi connectivity index (χ2v) is 8.62. The predicted molar refractivity (Wildman–Crippen MR) is 109 cm³/mol. The van der Waals surface area contributed by atoms with E-state index in [1.165, 1.54) is 10.5 Å². The summed E-state index contributed by atoms with van der Waals surface area (Å²) < 4.78 is 32.1. The van der Waals surface area contributed by atoms with Crippen molar-refractivity contribution in [1.82, 2.24) is 9.88 Å². The standard InChI is InChI=1S/C23H25F2N3O2/c1-30-18-4-2-15(3-5-18)13-28-14-17-11-19(17)20-10-16(12-26-21(20)28)22(29)27-8-6-23(24,25)7-9-27/h2-5,10,12,17,19H,6-9,11,13-14H2,1H3. The zero-order chi connectivity index (χ0) is 20.9. The molecule has 158 valence electrons. The van der Waals surface area contributed by atoms with Crippen molar-refractivity contribution in [2.45, 2.75) is 37.6 Å². The number of pyridine rings is 1. The van der Waals surface area contributed by atoms with Gasteiger partial charge in [0.1, 0.15) is 11.6 Å². The zero-order valence-electron chi connectivity index (χ0n) is 17.0. The van der Waals surface area contributed by atoms with Crippen LogP contribution >= 0.6 is 0 Å². The highest BCUT2D eigenvalue weighted by molar-refractivity contribution is 5.94. The molecule has 1 amide bonds. The van der Waals surface area contributed by atoms with Gasteiger partial charge in [0.15, 0.2) is 0 Å². The minimum atomic E-state index is -2.66. The topological polar surface area (TPSA) is 45.7 Å². The molecule has 5 rings (SSSR count). The monoisotopic (exact) mass is 413 g/mol. The van der Waals surface area contributed by atoms with Gasteiger partial charge in [0.05, 0.1) is 12.7 Å². The summed E-state index contributed by atoms with van der Waals surface area (Å²) >= 11 is 0. The van der Waals surface area contributed by atoms with E-state index in [4.69, 9.17) is 4.74 Å². The number of alkyl halides is 2. The average molecular weight is 413 g/mol. The Morgan fingerprint density at radius 1 is 1.23 bits per heavy atom. The number of piperidine rings is 1. The van der Waals surface area contributed by atoms with Gasteiger partial charge in [-0.05, 0) is 47.6 Å². The van der Waals surface area contributed by atoms with Crippen molar-refractivity contribution in [2.75, 3.05) is 31.6 Å². The molecular weight excluding hydrogens is 388 g/mol. The number of likely N-dealkylation sites (tertiary alicyclic amines) is 1. The van der Waals surface area contributed by atoms with Crippen molar-refractivity contribution in [3.8, 4) is 5.75 Å². The molecule has 2 fully saturated rings. The van der Waals surface area contributed by atoms with Crippen LogP contribution in [0.4, 0.5) is 14.6 Å². The maximum absolute atomic E-state index is 13.4. The Labute approximate surface area is 174 Å². The minimum Gasteiger partial charge on any atom is -0.497 e. The van der Waals surface area contributed by atoms with E-state index in [0.717, 1.165) is 36.6 Å². The fourth-order valence-electron chi connectivity index (χ4n) is 4.64. The van der Waals surface area contributed by atoms with E-state index in [2.05, 4.69) is 22.0 Å². The van der Waals surface area contributed by atoms with Crippen molar-refractivity contribution in [1.29, 1.82) is 0 Å². The van der Waals surface area contributed by atoms with Gasteiger partial charge in [-0.25, -0.2) is 13.8 Å². The summed E-state index contributed by atoms with van der Waals surface area (Å²) in [7, 11) is 1.65. The highest BCUT2D eigenvalue weighted by Gasteiger charge is 2.46. The van der Waals surface area contributed by atoms with Crippen molar-refractivity contribution in [2.24, 2.45) is 5.92 Å². The molecular formula is C23H25F2N3O2.